The second-order valence-corrected chi connectivity index (χ2v) is 4.10. The number of nitriles is 2. The molecule has 2 aromatic rings. The van der Waals surface area contributed by atoms with Crippen molar-refractivity contribution in [3.05, 3.63) is 46.6 Å². The molecule has 98 valence electrons. The molecule has 1 heterocycles. The molecule has 1 aromatic heterocycles. The van der Waals surface area contributed by atoms with Crippen molar-refractivity contribution < 1.29 is 9.47 Å². The van der Waals surface area contributed by atoms with Crippen LogP contribution in [0.15, 0.2) is 30.3 Å². The normalized spacial score (nSPS) is 9.40. The third kappa shape index (κ3) is 2.97. The lowest BCUT2D eigenvalue weighted by atomic mass is 10.2. The number of nitrogens with zero attached hydrogens (tertiary/aromatic N) is 3. The molecule has 0 bridgehead atoms. The molecule has 0 saturated carbocycles. The fourth-order valence-electron chi connectivity index (χ4n) is 1.52. The fourth-order valence-corrected chi connectivity index (χ4v) is 1.72. The van der Waals surface area contributed by atoms with Crippen LogP contribution in [0.4, 0.5) is 0 Å². The number of hydrogen-bond acceptors (Lipinski definition) is 5. The van der Waals surface area contributed by atoms with Gasteiger partial charge in [0.1, 0.15) is 5.15 Å². The third-order valence-corrected chi connectivity index (χ3v) is 2.60. The largest absolute Gasteiger partial charge is 0.493 e. The minimum absolute atomic E-state index is 0.159. The first kappa shape index (κ1) is 13.7. The lowest BCUT2D eigenvalue weighted by Gasteiger charge is -2.10. The summed E-state index contributed by atoms with van der Waals surface area (Å²) in [4.78, 5) is 3.97. The molecule has 2 rings (SSSR count). The Bertz CT molecular complexity index is 732. The quantitative estimate of drug-likeness (QED) is 0.809. The molecule has 0 saturated heterocycles. The summed E-state index contributed by atoms with van der Waals surface area (Å²) in [5.74, 6) is 0.951. The van der Waals surface area contributed by atoms with Crippen molar-refractivity contribution in [1.82, 2.24) is 4.98 Å². The van der Waals surface area contributed by atoms with Crippen LogP contribution in [0, 0.1) is 22.7 Å². The van der Waals surface area contributed by atoms with Gasteiger partial charge in [-0.15, -0.1) is 0 Å². The summed E-state index contributed by atoms with van der Waals surface area (Å²) in [5.41, 5.74) is 0.790. The van der Waals surface area contributed by atoms with E-state index in [0.717, 1.165) is 0 Å². The van der Waals surface area contributed by atoms with Crippen LogP contribution >= 0.6 is 11.6 Å². The number of pyridine rings is 1. The maximum atomic E-state index is 8.87. The zero-order chi connectivity index (χ0) is 14.5. The number of rotatable bonds is 3. The Hall–Kier alpha value is -2.76. The molecule has 0 amide bonds. The van der Waals surface area contributed by atoms with Crippen molar-refractivity contribution in [3.63, 3.8) is 0 Å². The topological polar surface area (TPSA) is 78.9 Å². The molecular weight excluding hydrogens is 278 g/mol. The zero-order valence-corrected chi connectivity index (χ0v) is 11.2. The van der Waals surface area contributed by atoms with Crippen molar-refractivity contribution in [3.8, 4) is 29.5 Å². The Balaban J connectivity index is 2.38. The number of ether oxygens (including phenoxy) is 2. The van der Waals surface area contributed by atoms with Gasteiger partial charge in [0.15, 0.2) is 11.5 Å². The second-order valence-electron chi connectivity index (χ2n) is 3.71. The van der Waals surface area contributed by atoms with E-state index in [9.17, 15) is 0 Å². The molecule has 6 heteroatoms. The van der Waals surface area contributed by atoms with Gasteiger partial charge in [-0.3, -0.25) is 0 Å². The minimum Gasteiger partial charge on any atom is -0.493 e. The van der Waals surface area contributed by atoms with Crippen molar-refractivity contribution in [2.24, 2.45) is 0 Å². The first-order valence-electron chi connectivity index (χ1n) is 5.50. The smallest absolute Gasteiger partial charge is 0.222 e. The Morgan fingerprint density at radius 3 is 2.45 bits per heavy atom. The number of halogens is 1. The molecule has 0 N–H and O–H groups in total. The molecule has 20 heavy (non-hydrogen) atoms. The minimum atomic E-state index is 0.159. The van der Waals surface area contributed by atoms with Gasteiger partial charge in [-0.05, 0) is 18.2 Å². The highest BCUT2D eigenvalue weighted by atomic mass is 35.5. The molecular formula is C14H8ClN3O2. The van der Waals surface area contributed by atoms with E-state index in [0.29, 0.717) is 22.6 Å². The van der Waals surface area contributed by atoms with Crippen molar-refractivity contribution in [2.45, 2.75) is 0 Å². The predicted octanol–water partition coefficient (Wildman–Crippen LogP) is 3.28. The fraction of sp³-hybridized carbons (Fsp3) is 0.0714. The van der Waals surface area contributed by atoms with E-state index in [1.54, 1.807) is 18.2 Å². The number of hydrogen-bond donors (Lipinski definition) is 0. The van der Waals surface area contributed by atoms with Gasteiger partial charge in [0.05, 0.1) is 30.4 Å². The van der Waals surface area contributed by atoms with E-state index < -0.39 is 0 Å². The zero-order valence-electron chi connectivity index (χ0n) is 10.4. The van der Waals surface area contributed by atoms with Crippen LogP contribution in [0.3, 0.4) is 0 Å². The number of methoxy groups -OCH3 is 1. The summed E-state index contributed by atoms with van der Waals surface area (Å²) < 4.78 is 10.7. The van der Waals surface area contributed by atoms with Gasteiger partial charge in [-0.2, -0.15) is 10.5 Å². The molecule has 0 radical (unpaired) electrons. The van der Waals surface area contributed by atoms with Crippen LogP contribution < -0.4 is 9.47 Å². The molecule has 0 aliphatic rings. The Morgan fingerprint density at radius 2 is 1.80 bits per heavy atom. The summed E-state index contributed by atoms with van der Waals surface area (Å²) in [6.45, 7) is 0. The second kappa shape index (κ2) is 5.92. The predicted molar refractivity (Wildman–Crippen MR) is 71.7 cm³/mol. The first-order chi connectivity index (χ1) is 9.66. The lowest BCUT2D eigenvalue weighted by molar-refractivity contribution is 0.374. The van der Waals surface area contributed by atoms with Crippen LogP contribution in [-0.2, 0) is 0 Å². The van der Waals surface area contributed by atoms with E-state index >= 15 is 0 Å². The summed E-state index contributed by atoms with van der Waals surface area (Å²) in [7, 11) is 1.47. The average molecular weight is 286 g/mol. The Morgan fingerprint density at radius 1 is 1.05 bits per heavy atom. The number of aromatic nitrogens is 1. The monoisotopic (exact) mass is 285 g/mol. The van der Waals surface area contributed by atoms with Gasteiger partial charge in [0.2, 0.25) is 5.88 Å². The van der Waals surface area contributed by atoms with Crippen LogP contribution in [0.1, 0.15) is 11.1 Å². The SMILES string of the molecule is COc1cc(C#N)ccc1Oc1cc(C#N)cc(Cl)n1. The lowest BCUT2D eigenvalue weighted by Crippen LogP contribution is -1.94. The van der Waals surface area contributed by atoms with Gasteiger partial charge in [0.25, 0.3) is 0 Å². The summed E-state index contributed by atoms with van der Waals surface area (Å²) in [5, 5.41) is 17.9. The summed E-state index contributed by atoms with van der Waals surface area (Å²) >= 11 is 5.80. The molecule has 0 aliphatic heterocycles. The van der Waals surface area contributed by atoms with Gasteiger partial charge < -0.3 is 9.47 Å². The Kier molecular flexibility index (Phi) is 4.05. The molecule has 1 aromatic carbocycles. The Labute approximate surface area is 120 Å². The molecule has 0 spiro atoms. The van der Waals surface area contributed by atoms with Crippen LogP contribution in [-0.4, -0.2) is 12.1 Å². The number of benzene rings is 1. The van der Waals surface area contributed by atoms with Gasteiger partial charge in [-0.1, -0.05) is 11.6 Å². The first-order valence-corrected chi connectivity index (χ1v) is 5.87. The summed E-state index contributed by atoms with van der Waals surface area (Å²) in [6.07, 6.45) is 0. The molecule has 0 atom stereocenters. The molecule has 0 unspecified atom stereocenters. The van der Waals surface area contributed by atoms with Crippen molar-refractivity contribution in [2.75, 3.05) is 7.11 Å². The maximum absolute atomic E-state index is 8.87. The van der Waals surface area contributed by atoms with Crippen LogP contribution in [0.25, 0.3) is 0 Å². The van der Waals surface area contributed by atoms with Gasteiger partial charge in [0, 0.05) is 12.1 Å². The highest BCUT2D eigenvalue weighted by Crippen LogP contribution is 2.32. The van der Waals surface area contributed by atoms with Crippen LogP contribution in [0.2, 0.25) is 5.15 Å². The van der Waals surface area contributed by atoms with E-state index in [4.69, 9.17) is 31.6 Å². The third-order valence-electron chi connectivity index (χ3n) is 2.41. The van der Waals surface area contributed by atoms with E-state index in [2.05, 4.69) is 4.98 Å². The highest BCUT2D eigenvalue weighted by Gasteiger charge is 2.09. The maximum Gasteiger partial charge on any atom is 0.222 e. The molecule has 5 nitrogen and oxygen atoms in total. The van der Waals surface area contributed by atoms with Gasteiger partial charge in [-0.25, -0.2) is 4.98 Å². The standard InChI is InChI=1S/C14H8ClN3O2/c1-19-12-4-9(7-16)2-3-11(12)20-14-6-10(8-17)5-13(15)18-14/h2-6H,1H3. The van der Waals surface area contributed by atoms with E-state index in [-0.39, 0.29) is 11.0 Å². The average Bonchev–Trinajstić information content (AvgIpc) is 2.47. The van der Waals surface area contributed by atoms with Gasteiger partial charge >= 0.3 is 0 Å². The molecule has 0 aliphatic carbocycles. The highest BCUT2D eigenvalue weighted by molar-refractivity contribution is 6.29. The molecule has 0 fully saturated rings. The van der Waals surface area contributed by atoms with E-state index in [1.165, 1.54) is 19.2 Å². The summed E-state index contributed by atoms with van der Waals surface area (Å²) in [6, 6.07) is 11.6. The van der Waals surface area contributed by atoms with Crippen molar-refractivity contribution in [1.29, 1.82) is 10.5 Å². The van der Waals surface area contributed by atoms with Crippen molar-refractivity contribution >= 4 is 11.6 Å². The van der Waals surface area contributed by atoms with Crippen LogP contribution in [0.5, 0.6) is 17.4 Å². The van der Waals surface area contributed by atoms with E-state index in [1.807, 2.05) is 12.1 Å².